The van der Waals surface area contributed by atoms with Crippen LogP contribution in [0.1, 0.15) is 44.2 Å². The van der Waals surface area contributed by atoms with Gasteiger partial charge >= 0.3 is 0 Å². The lowest BCUT2D eigenvalue weighted by atomic mass is 10.0. The summed E-state index contributed by atoms with van der Waals surface area (Å²) in [7, 11) is 0. The van der Waals surface area contributed by atoms with Gasteiger partial charge in [0.1, 0.15) is 5.82 Å². The van der Waals surface area contributed by atoms with Gasteiger partial charge in [-0.05, 0) is 24.1 Å². The molecule has 20 heavy (non-hydrogen) atoms. The maximum absolute atomic E-state index is 13.4. The molecular formula is C16H23FN2O. The number of benzene rings is 1. The summed E-state index contributed by atoms with van der Waals surface area (Å²) >= 11 is 0. The molecular weight excluding hydrogens is 255 g/mol. The molecule has 1 unspecified atom stereocenters. The summed E-state index contributed by atoms with van der Waals surface area (Å²) in [5.74, 6) is -0.0549. The molecule has 1 aliphatic rings. The van der Waals surface area contributed by atoms with Crippen LogP contribution in [-0.4, -0.2) is 30.4 Å². The Labute approximate surface area is 120 Å². The van der Waals surface area contributed by atoms with Gasteiger partial charge in [0.15, 0.2) is 0 Å². The number of amides is 1. The molecule has 110 valence electrons. The fourth-order valence-corrected chi connectivity index (χ4v) is 2.68. The number of rotatable bonds is 5. The third kappa shape index (κ3) is 3.79. The predicted octanol–water partition coefficient (Wildman–Crippen LogP) is 2.88. The van der Waals surface area contributed by atoms with Gasteiger partial charge in [-0.25, -0.2) is 4.39 Å². The van der Waals surface area contributed by atoms with E-state index in [1.165, 1.54) is 12.1 Å². The molecule has 1 aromatic rings. The molecule has 0 aromatic heterocycles. The van der Waals surface area contributed by atoms with Crippen LogP contribution in [0.4, 0.5) is 4.39 Å². The van der Waals surface area contributed by atoms with Crippen LogP contribution in [0.25, 0.3) is 0 Å². The Morgan fingerprint density at radius 2 is 2.30 bits per heavy atom. The lowest BCUT2D eigenvalue weighted by molar-refractivity contribution is -0.134. The van der Waals surface area contributed by atoms with E-state index >= 15 is 0 Å². The van der Waals surface area contributed by atoms with Crippen molar-refractivity contribution in [1.82, 2.24) is 10.2 Å². The number of hydrogen-bond donors (Lipinski definition) is 1. The van der Waals surface area contributed by atoms with Crippen molar-refractivity contribution in [3.05, 3.63) is 35.6 Å². The van der Waals surface area contributed by atoms with Gasteiger partial charge in [-0.2, -0.15) is 0 Å². The van der Waals surface area contributed by atoms with Gasteiger partial charge in [-0.1, -0.05) is 31.9 Å². The van der Waals surface area contributed by atoms with E-state index in [4.69, 9.17) is 0 Å². The number of carbonyl (C=O) groups excluding carboxylic acids is 1. The Kier molecular flexibility index (Phi) is 5.53. The van der Waals surface area contributed by atoms with E-state index in [9.17, 15) is 9.18 Å². The summed E-state index contributed by atoms with van der Waals surface area (Å²) in [6.45, 7) is 4.34. The van der Waals surface area contributed by atoms with Crippen molar-refractivity contribution in [2.24, 2.45) is 0 Å². The Balaban J connectivity index is 2.07. The summed E-state index contributed by atoms with van der Waals surface area (Å²) in [4.78, 5) is 14.2. The molecule has 3 nitrogen and oxygen atoms in total. The third-order valence-electron chi connectivity index (χ3n) is 3.79. The number of nitrogens with one attached hydrogen (secondary N) is 1. The van der Waals surface area contributed by atoms with Crippen LogP contribution in [0, 0.1) is 5.82 Å². The zero-order valence-electron chi connectivity index (χ0n) is 12.1. The highest BCUT2D eigenvalue weighted by Gasteiger charge is 2.27. The van der Waals surface area contributed by atoms with Crippen LogP contribution >= 0.6 is 0 Å². The highest BCUT2D eigenvalue weighted by Crippen LogP contribution is 2.24. The van der Waals surface area contributed by atoms with E-state index in [0.29, 0.717) is 19.5 Å². The molecule has 2 rings (SSSR count). The van der Waals surface area contributed by atoms with Crippen LogP contribution in [0.5, 0.6) is 0 Å². The van der Waals surface area contributed by atoms with E-state index in [-0.39, 0.29) is 17.8 Å². The van der Waals surface area contributed by atoms with Gasteiger partial charge in [-0.15, -0.1) is 0 Å². The Bertz CT molecular complexity index is 450. The van der Waals surface area contributed by atoms with Crippen LogP contribution < -0.4 is 5.32 Å². The molecule has 1 saturated heterocycles. The second-order valence-corrected chi connectivity index (χ2v) is 5.32. The van der Waals surface area contributed by atoms with Gasteiger partial charge in [0.25, 0.3) is 0 Å². The molecule has 0 saturated carbocycles. The molecule has 1 fully saturated rings. The van der Waals surface area contributed by atoms with Crippen LogP contribution in [0.3, 0.4) is 0 Å². The Hall–Kier alpha value is -1.42. The maximum Gasteiger partial charge on any atom is 0.223 e. The van der Waals surface area contributed by atoms with E-state index in [0.717, 1.165) is 31.4 Å². The van der Waals surface area contributed by atoms with E-state index < -0.39 is 0 Å². The quantitative estimate of drug-likeness (QED) is 0.840. The Morgan fingerprint density at radius 1 is 1.45 bits per heavy atom. The smallest absolute Gasteiger partial charge is 0.223 e. The third-order valence-corrected chi connectivity index (χ3v) is 3.79. The highest BCUT2D eigenvalue weighted by atomic mass is 19.1. The lowest BCUT2D eigenvalue weighted by Gasteiger charge is -2.36. The number of piperazine rings is 1. The number of nitrogens with zero attached hydrogens (tertiary/aromatic N) is 1. The molecule has 0 radical (unpaired) electrons. The van der Waals surface area contributed by atoms with Crippen molar-refractivity contribution in [2.75, 3.05) is 19.6 Å². The summed E-state index contributed by atoms with van der Waals surface area (Å²) in [5, 5.41) is 3.29. The summed E-state index contributed by atoms with van der Waals surface area (Å²) < 4.78 is 13.4. The average Bonchev–Trinajstić information content (AvgIpc) is 2.47. The molecule has 1 heterocycles. The minimum atomic E-state index is -0.244. The van der Waals surface area contributed by atoms with Crippen molar-refractivity contribution >= 4 is 5.91 Å². The van der Waals surface area contributed by atoms with Crippen molar-refractivity contribution < 1.29 is 9.18 Å². The van der Waals surface area contributed by atoms with Crippen LogP contribution in [-0.2, 0) is 4.79 Å². The van der Waals surface area contributed by atoms with Gasteiger partial charge in [0.2, 0.25) is 5.91 Å². The number of hydrogen-bond acceptors (Lipinski definition) is 2. The van der Waals surface area contributed by atoms with Gasteiger partial charge in [0.05, 0.1) is 6.04 Å². The second-order valence-electron chi connectivity index (χ2n) is 5.32. The fourth-order valence-electron chi connectivity index (χ4n) is 2.68. The minimum Gasteiger partial charge on any atom is -0.333 e. The first-order valence-corrected chi connectivity index (χ1v) is 7.48. The lowest BCUT2D eigenvalue weighted by Crippen LogP contribution is -2.48. The molecule has 4 heteroatoms. The van der Waals surface area contributed by atoms with E-state index in [1.807, 2.05) is 11.0 Å². The number of carbonyl (C=O) groups is 1. The first-order chi connectivity index (χ1) is 9.72. The predicted molar refractivity (Wildman–Crippen MR) is 77.9 cm³/mol. The first-order valence-electron chi connectivity index (χ1n) is 7.48. The highest BCUT2D eigenvalue weighted by molar-refractivity contribution is 5.76. The SMILES string of the molecule is CCCCCC(=O)N1CCNCC1c1cccc(F)c1. The molecule has 1 N–H and O–H groups in total. The molecule has 1 atom stereocenters. The molecule has 1 aromatic carbocycles. The molecule has 0 bridgehead atoms. The average molecular weight is 278 g/mol. The van der Waals surface area contributed by atoms with E-state index in [2.05, 4.69) is 12.2 Å². The monoisotopic (exact) mass is 278 g/mol. The van der Waals surface area contributed by atoms with Crippen molar-refractivity contribution in [1.29, 1.82) is 0 Å². The normalized spacial score (nSPS) is 19.1. The minimum absolute atomic E-state index is 0.0476. The van der Waals surface area contributed by atoms with Crippen molar-refractivity contribution in [3.8, 4) is 0 Å². The fraction of sp³-hybridized carbons (Fsp3) is 0.562. The van der Waals surface area contributed by atoms with Gasteiger partial charge in [0, 0.05) is 26.1 Å². The van der Waals surface area contributed by atoms with Crippen molar-refractivity contribution in [2.45, 2.75) is 38.6 Å². The zero-order valence-corrected chi connectivity index (χ0v) is 12.1. The number of halogens is 1. The van der Waals surface area contributed by atoms with Crippen LogP contribution in [0.15, 0.2) is 24.3 Å². The van der Waals surface area contributed by atoms with Gasteiger partial charge in [-0.3, -0.25) is 4.79 Å². The molecule has 0 spiro atoms. The topological polar surface area (TPSA) is 32.3 Å². The Morgan fingerprint density at radius 3 is 3.05 bits per heavy atom. The zero-order chi connectivity index (χ0) is 14.4. The summed E-state index contributed by atoms with van der Waals surface area (Å²) in [6.07, 6.45) is 3.74. The van der Waals surface area contributed by atoms with Crippen molar-refractivity contribution in [3.63, 3.8) is 0 Å². The van der Waals surface area contributed by atoms with Gasteiger partial charge < -0.3 is 10.2 Å². The van der Waals surface area contributed by atoms with Crippen LogP contribution in [0.2, 0.25) is 0 Å². The summed E-state index contributed by atoms with van der Waals surface area (Å²) in [6, 6.07) is 6.53. The molecule has 1 aliphatic heterocycles. The summed E-state index contributed by atoms with van der Waals surface area (Å²) in [5.41, 5.74) is 0.876. The standard InChI is InChI=1S/C16H23FN2O/c1-2-3-4-8-16(20)19-10-9-18-12-15(19)13-6-5-7-14(17)11-13/h5-7,11,15,18H,2-4,8-10,12H2,1H3. The molecule has 0 aliphatic carbocycles. The maximum atomic E-state index is 13.4. The molecule has 1 amide bonds. The first kappa shape index (κ1) is 15.0. The number of unbranched alkanes of at least 4 members (excludes halogenated alkanes) is 2. The largest absolute Gasteiger partial charge is 0.333 e. The van der Waals surface area contributed by atoms with E-state index in [1.54, 1.807) is 6.07 Å². The second kappa shape index (κ2) is 7.39.